The fraction of sp³-hybridized carbons (Fsp3) is 0.448. The van der Waals surface area contributed by atoms with Crippen LogP contribution in [0.3, 0.4) is 0 Å². The summed E-state index contributed by atoms with van der Waals surface area (Å²) in [5.41, 5.74) is 8.05. The molecule has 0 saturated heterocycles. The van der Waals surface area contributed by atoms with Crippen LogP contribution in [0.5, 0.6) is 11.6 Å². The highest BCUT2D eigenvalue weighted by Gasteiger charge is 2.37. The quantitative estimate of drug-likeness (QED) is 0.358. The summed E-state index contributed by atoms with van der Waals surface area (Å²) in [6.07, 6.45) is 2.23. The SMILES string of the molecule is COC(=O)c1cc(F)ccc1C(Oc1cc(-c2c(OC)nn(C)c2CN(C)C(=O)OC(C)(C)C)cnc1N)C1CC1. The van der Waals surface area contributed by atoms with E-state index in [1.165, 1.54) is 31.3 Å². The molecule has 0 spiro atoms. The van der Waals surface area contributed by atoms with Crippen molar-refractivity contribution >= 4 is 17.9 Å². The van der Waals surface area contributed by atoms with Gasteiger partial charge in [0.2, 0.25) is 5.88 Å². The van der Waals surface area contributed by atoms with Gasteiger partial charge in [-0.15, -0.1) is 5.10 Å². The van der Waals surface area contributed by atoms with Gasteiger partial charge in [-0.1, -0.05) is 6.07 Å². The Morgan fingerprint density at radius 2 is 1.93 bits per heavy atom. The van der Waals surface area contributed by atoms with E-state index in [1.807, 2.05) is 0 Å². The molecule has 220 valence electrons. The van der Waals surface area contributed by atoms with Crippen LogP contribution in [0.25, 0.3) is 11.1 Å². The molecule has 2 heterocycles. The summed E-state index contributed by atoms with van der Waals surface area (Å²) in [5.74, 6) is -0.388. The highest BCUT2D eigenvalue weighted by molar-refractivity contribution is 5.91. The van der Waals surface area contributed by atoms with Gasteiger partial charge in [0.1, 0.15) is 17.5 Å². The molecule has 1 aromatic carbocycles. The van der Waals surface area contributed by atoms with Gasteiger partial charge in [-0.2, -0.15) is 0 Å². The van der Waals surface area contributed by atoms with Crippen LogP contribution in [0, 0.1) is 11.7 Å². The van der Waals surface area contributed by atoms with Crippen molar-refractivity contribution in [2.24, 2.45) is 13.0 Å². The lowest BCUT2D eigenvalue weighted by molar-refractivity contribution is 0.0281. The molecule has 0 radical (unpaired) electrons. The Morgan fingerprint density at radius 1 is 1.22 bits per heavy atom. The van der Waals surface area contributed by atoms with Gasteiger partial charge < -0.3 is 29.6 Å². The summed E-state index contributed by atoms with van der Waals surface area (Å²) >= 11 is 0. The van der Waals surface area contributed by atoms with Gasteiger partial charge in [0.25, 0.3) is 0 Å². The first-order valence-electron chi connectivity index (χ1n) is 13.2. The fourth-order valence-corrected chi connectivity index (χ4v) is 4.47. The maximum Gasteiger partial charge on any atom is 0.410 e. The molecule has 12 heteroatoms. The Balaban J connectivity index is 1.72. The number of aryl methyl sites for hydroxylation is 1. The Bertz CT molecular complexity index is 1450. The van der Waals surface area contributed by atoms with Gasteiger partial charge in [0.05, 0.1) is 37.6 Å². The van der Waals surface area contributed by atoms with E-state index in [0.717, 1.165) is 18.9 Å². The summed E-state index contributed by atoms with van der Waals surface area (Å²) in [6.45, 7) is 5.57. The molecule has 2 N–H and O–H groups in total. The Kier molecular flexibility index (Phi) is 8.41. The average Bonchev–Trinajstić information content (AvgIpc) is 3.71. The second-order valence-corrected chi connectivity index (χ2v) is 11.0. The van der Waals surface area contributed by atoms with Crippen LogP contribution in [0.15, 0.2) is 30.5 Å². The summed E-state index contributed by atoms with van der Waals surface area (Å²) in [7, 11) is 6.13. The number of esters is 1. The fourth-order valence-electron chi connectivity index (χ4n) is 4.47. The molecule has 0 bridgehead atoms. The molecule has 1 unspecified atom stereocenters. The number of ether oxygens (including phenoxy) is 4. The number of halogens is 1. The number of carbonyl (C=O) groups is 2. The zero-order valence-corrected chi connectivity index (χ0v) is 24.4. The Labute approximate surface area is 238 Å². The minimum Gasteiger partial charge on any atom is -0.482 e. The molecular formula is C29H36FN5O6. The number of amides is 1. The van der Waals surface area contributed by atoms with E-state index >= 15 is 0 Å². The Morgan fingerprint density at radius 3 is 2.54 bits per heavy atom. The largest absolute Gasteiger partial charge is 0.482 e. The second kappa shape index (κ2) is 11.6. The van der Waals surface area contributed by atoms with Gasteiger partial charge in [-0.3, -0.25) is 4.68 Å². The highest BCUT2D eigenvalue weighted by atomic mass is 19.1. The van der Waals surface area contributed by atoms with E-state index in [9.17, 15) is 14.0 Å². The van der Waals surface area contributed by atoms with E-state index in [4.69, 9.17) is 24.7 Å². The molecule has 3 aromatic rings. The van der Waals surface area contributed by atoms with Crippen LogP contribution < -0.4 is 15.2 Å². The number of aromatic nitrogens is 3. The average molecular weight is 570 g/mol. The molecule has 0 aliphatic heterocycles. The number of benzene rings is 1. The molecule has 2 aromatic heterocycles. The zero-order chi connectivity index (χ0) is 30.1. The van der Waals surface area contributed by atoms with Gasteiger partial charge in [-0.05, 0) is 51.8 Å². The van der Waals surface area contributed by atoms with Gasteiger partial charge >= 0.3 is 12.1 Å². The van der Waals surface area contributed by atoms with Crippen LogP contribution in [-0.2, 0) is 23.1 Å². The van der Waals surface area contributed by atoms with Crippen molar-refractivity contribution < 1.29 is 32.9 Å². The highest BCUT2D eigenvalue weighted by Crippen LogP contribution is 2.46. The second-order valence-electron chi connectivity index (χ2n) is 11.0. The number of nitrogen functional groups attached to an aromatic ring is 1. The van der Waals surface area contributed by atoms with E-state index in [2.05, 4.69) is 10.1 Å². The maximum absolute atomic E-state index is 14.1. The number of pyridine rings is 1. The van der Waals surface area contributed by atoms with Crippen molar-refractivity contribution in [2.45, 2.75) is 51.9 Å². The first-order chi connectivity index (χ1) is 19.3. The molecule has 41 heavy (non-hydrogen) atoms. The smallest absolute Gasteiger partial charge is 0.410 e. The summed E-state index contributed by atoms with van der Waals surface area (Å²) in [4.78, 5) is 31.0. The van der Waals surface area contributed by atoms with Gasteiger partial charge in [0.15, 0.2) is 11.6 Å². The lowest BCUT2D eigenvalue weighted by Crippen LogP contribution is -2.34. The third kappa shape index (κ3) is 6.69. The molecule has 4 rings (SSSR count). The Hall–Kier alpha value is -4.35. The van der Waals surface area contributed by atoms with Crippen LogP contribution in [-0.4, -0.2) is 58.6 Å². The molecule has 1 aliphatic rings. The molecule has 1 saturated carbocycles. The van der Waals surface area contributed by atoms with E-state index in [0.29, 0.717) is 28.3 Å². The number of rotatable bonds is 9. The van der Waals surface area contributed by atoms with Gasteiger partial charge in [0, 0.05) is 37.3 Å². The first kappa shape index (κ1) is 29.6. The first-order valence-corrected chi connectivity index (χ1v) is 13.2. The summed E-state index contributed by atoms with van der Waals surface area (Å²) in [6, 6.07) is 5.68. The maximum atomic E-state index is 14.1. The summed E-state index contributed by atoms with van der Waals surface area (Å²) < 4.78 is 38.1. The molecule has 1 aliphatic carbocycles. The normalized spacial score (nSPS) is 13.9. The standard InChI is InChI=1S/C29H36FN5O6/c1-29(2,3)41-28(37)34(4)15-21-23(26(38-6)33-35(21)5)17-12-22(25(31)32-14-17)40-24(16-8-9-16)19-11-10-18(30)13-20(19)27(36)39-7/h10-14,16,24H,8-9,15H2,1-7H3,(H2,31,32). The monoisotopic (exact) mass is 569 g/mol. The number of methoxy groups -OCH3 is 2. The summed E-state index contributed by atoms with van der Waals surface area (Å²) in [5, 5.41) is 4.47. The third-order valence-electron chi connectivity index (χ3n) is 6.62. The molecule has 1 amide bonds. The van der Waals surface area contributed by atoms with E-state index in [1.54, 1.807) is 51.8 Å². The number of carbonyl (C=O) groups excluding carboxylic acids is 2. The zero-order valence-electron chi connectivity index (χ0n) is 24.4. The van der Waals surface area contributed by atoms with Crippen LogP contribution in [0.4, 0.5) is 15.0 Å². The topological polar surface area (TPSA) is 131 Å². The molecule has 11 nitrogen and oxygen atoms in total. The minimum atomic E-state index is -0.660. The number of hydrogen-bond donors (Lipinski definition) is 1. The van der Waals surface area contributed by atoms with Crippen LogP contribution in [0.1, 0.15) is 61.3 Å². The van der Waals surface area contributed by atoms with Crippen molar-refractivity contribution in [2.75, 3.05) is 27.0 Å². The molecule has 1 atom stereocenters. The third-order valence-corrected chi connectivity index (χ3v) is 6.62. The predicted octanol–water partition coefficient (Wildman–Crippen LogP) is 4.90. The molecule has 1 fully saturated rings. The van der Waals surface area contributed by atoms with Crippen molar-refractivity contribution in [3.63, 3.8) is 0 Å². The van der Waals surface area contributed by atoms with Crippen molar-refractivity contribution in [1.29, 1.82) is 0 Å². The molecular weight excluding hydrogens is 533 g/mol. The van der Waals surface area contributed by atoms with Gasteiger partial charge in [-0.25, -0.2) is 19.0 Å². The van der Waals surface area contributed by atoms with Crippen LogP contribution >= 0.6 is 0 Å². The lowest BCUT2D eigenvalue weighted by Gasteiger charge is -2.25. The van der Waals surface area contributed by atoms with Crippen molar-refractivity contribution in [3.05, 3.63) is 53.1 Å². The number of anilines is 1. The lowest BCUT2D eigenvalue weighted by atomic mass is 9.98. The minimum absolute atomic E-state index is 0.0912. The van der Waals surface area contributed by atoms with E-state index < -0.39 is 29.6 Å². The number of hydrogen-bond acceptors (Lipinski definition) is 9. The van der Waals surface area contributed by atoms with E-state index in [-0.39, 0.29) is 29.6 Å². The van der Waals surface area contributed by atoms with Crippen molar-refractivity contribution in [1.82, 2.24) is 19.7 Å². The number of nitrogens with zero attached hydrogens (tertiary/aromatic N) is 4. The number of nitrogens with two attached hydrogens (primary N) is 1. The van der Waals surface area contributed by atoms with Crippen molar-refractivity contribution in [3.8, 4) is 22.8 Å². The predicted molar refractivity (Wildman–Crippen MR) is 149 cm³/mol. The van der Waals surface area contributed by atoms with Crippen LogP contribution in [0.2, 0.25) is 0 Å².